The number of hydrogen-bond acceptors (Lipinski definition) is 3. The monoisotopic (exact) mass is 758 g/mol. The number of nitrogens with one attached hydrogen (secondary N) is 1. The van der Waals surface area contributed by atoms with Crippen LogP contribution in [0.2, 0.25) is 0 Å². The van der Waals surface area contributed by atoms with Crippen LogP contribution < -0.4 is 5.32 Å². The lowest BCUT2D eigenvalue weighted by Gasteiger charge is -2.19. The summed E-state index contributed by atoms with van der Waals surface area (Å²) in [6, 6.07) is -0.634. The number of rotatable bonds is 44. The Bertz CT molecular complexity index is 821. The minimum Gasteiger partial charge on any atom is -0.394 e. The van der Waals surface area contributed by atoms with Gasteiger partial charge in [-0.1, -0.05) is 230 Å². The third kappa shape index (κ3) is 41.8. The molecule has 0 aromatic rings. The number of unbranched alkanes of at least 4 members (excludes halogenated alkanes) is 33. The Morgan fingerprint density at radius 2 is 0.722 bits per heavy atom. The average molecular weight is 758 g/mol. The van der Waals surface area contributed by atoms with Crippen LogP contribution in [0.3, 0.4) is 0 Å². The number of allylic oxidation sites excluding steroid dienone is 5. The fourth-order valence-electron chi connectivity index (χ4n) is 7.37. The number of aliphatic hydroxyl groups excluding tert-OH is 2. The summed E-state index contributed by atoms with van der Waals surface area (Å²) in [6.45, 7) is 4.25. The van der Waals surface area contributed by atoms with Gasteiger partial charge in [-0.05, 0) is 57.8 Å². The average Bonchev–Trinajstić information content (AvgIpc) is 3.18. The second-order valence-electron chi connectivity index (χ2n) is 16.5. The SMILES string of the molecule is CCCCC/C=C/CC/C=C/C(O)C(CO)NC(=O)CCCCCCCCCCCCCCCCCCCCCCC/C=C\CCCCCCCCCC. The molecule has 0 spiro atoms. The quantitative estimate of drug-likeness (QED) is 0.0428. The number of hydrogen-bond donors (Lipinski definition) is 3. The molecule has 2 unspecified atom stereocenters. The van der Waals surface area contributed by atoms with E-state index in [1.807, 2.05) is 6.08 Å². The molecule has 3 N–H and O–H groups in total. The van der Waals surface area contributed by atoms with Crippen molar-refractivity contribution in [3.8, 4) is 0 Å². The van der Waals surface area contributed by atoms with Crippen molar-refractivity contribution in [1.29, 1.82) is 0 Å². The molecule has 0 bridgehead atoms. The molecule has 54 heavy (non-hydrogen) atoms. The first kappa shape index (κ1) is 52.6. The molecule has 0 saturated carbocycles. The van der Waals surface area contributed by atoms with E-state index in [4.69, 9.17) is 0 Å². The summed E-state index contributed by atoms with van der Waals surface area (Å²) < 4.78 is 0. The van der Waals surface area contributed by atoms with Crippen molar-refractivity contribution in [1.82, 2.24) is 5.32 Å². The Kier molecular flexibility index (Phi) is 44.8. The van der Waals surface area contributed by atoms with Gasteiger partial charge in [0.1, 0.15) is 0 Å². The molecule has 0 aromatic carbocycles. The fourth-order valence-corrected chi connectivity index (χ4v) is 7.37. The molecular weight excluding hydrogens is 663 g/mol. The first-order valence-corrected chi connectivity index (χ1v) is 24.2. The Morgan fingerprint density at radius 1 is 0.426 bits per heavy atom. The van der Waals surface area contributed by atoms with Crippen LogP contribution in [-0.2, 0) is 4.79 Å². The molecule has 4 nitrogen and oxygen atoms in total. The third-order valence-corrected chi connectivity index (χ3v) is 11.1. The van der Waals surface area contributed by atoms with Crippen molar-refractivity contribution in [2.45, 2.75) is 270 Å². The largest absolute Gasteiger partial charge is 0.394 e. The van der Waals surface area contributed by atoms with Crippen molar-refractivity contribution >= 4 is 5.91 Å². The van der Waals surface area contributed by atoms with Gasteiger partial charge in [-0.3, -0.25) is 4.79 Å². The van der Waals surface area contributed by atoms with E-state index in [2.05, 4.69) is 43.5 Å². The first-order valence-electron chi connectivity index (χ1n) is 24.2. The summed E-state index contributed by atoms with van der Waals surface area (Å²) in [7, 11) is 0. The van der Waals surface area contributed by atoms with E-state index in [0.717, 1.165) is 32.1 Å². The van der Waals surface area contributed by atoms with Gasteiger partial charge in [0, 0.05) is 6.42 Å². The minimum absolute atomic E-state index is 0.0735. The smallest absolute Gasteiger partial charge is 0.220 e. The van der Waals surface area contributed by atoms with Crippen LogP contribution in [0.15, 0.2) is 36.5 Å². The van der Waals surface area contributed by atoms with E-state index >= 15 is 0 Å². The summed E-state index contributed by atoms with van der Waals surface area (Å²) in [6.07, 6.45) is 61.6. The maximum atomic E-state index is 12.3. The lowest BCUT2D eigenvalue weighted by Crippen LogP contribution is -2.45. The summed E-state index contributed by atoms with van der Waals surface area (Å²) in [5.74, 6) is -0.0735. The maximum Gasteiger partial charge on any atom is 0.220 e. The van der Waals surface area contributed by atoms with Gasteiger partial charge in [0.25, 0.3) is 0 Å². The highest BCUT2D eigenvalue weighted by molar-refractivity contribution is 5.76. The van der Waals surface area contributed by atoms with Crippen LogP contribution in [-0.4, -0.2) is 34.9 Å². The fraction of sp³-hybridized carbons (Fsp3) is 0.860. The molecule has 0 heterocycles. The van der Waals surface area contributed by atoms with Crippen molar-refractivity contribution < 1.29 is 15.0 Å². The Hall–Kier alpha value is -1.39. The molecule has 0 saturated heterocycles. The van der Waals surface area contributed by atoms with Crippen LogP contribution in [0.25, 0.3) is 0 Å². The third-order valence-electron chi connectivity index (χ3n) is 11.1. The molecule has 0 radical (unpaired) electrons. The van der Waals surface area contributed by atoms with E-state index in [-0.39, 0.29) is 12.5 Å². The minimum atomic E-state index is -0.857. The van der Waals surface area contributed by atoms with E-state index in [1.165, 1.54) is 205 Å². The van der Waals surface area contributed by atoms with Crippen LogP contribution in [0.1, 0.15) is 258 Å². The molecule has 4 heteroatoms. The first-order chi connectivity index (χ1) is 26.7. The van der Waals surface area contributed by atoms with Crippen LogP contribution in [0.4, 0.5) is 0 Å². The zero-order chi connectivity index (χ0) is 39.3. The summed E-state index contributed by atoms with van der Waals surface area (Å²) in [5.41, 5.74) is 0. The maximum absolute atomic E-state index is 12.3. The van der Waals surface area contributed by atoms with Gasteiger partial charge in [0.2, 0.25) is 5.91 Å². The molecule has 1 amide bonds. The predicted octanol–water partition coefficient (Wildman–Crippen LogP) is 15.4. The van der Waals surface area contributed by atoms with Crippen molar-refractivity contribution in [2.24, 2.45) is 0 Å². The molecule has 318 valence electrons. The van der Waals surface area contributed by atoms with Gasteiger partial charge < -0.3 is 15.5 Å². The van der Waals surface area contributed by atoms with E-state index in [0.29, 0.717) is 6.42 Å². The number of carbonyl (C=O) groups excluding carboxylic acids is 1. The lowest BCUT2D eigenvalue weighted by molar-refractivity contribution is -0.123. The molecule has 2 atom stereocenters. The summed E-state index contributed by atoms with van der Waals surface area (Å²) >= 11 is 0. The molecular formula is C50H95NO3. The van der Waals surface area contributed by atoms with Gasteiger partial charge in [-0.15, -0.1) is 0 Å². The topological polar surface area (TPSA) is 69.6 Å². The standard InChI is InChI=1S/C50H95NO3/c1-3-5-7-9-11-13-14-15-16-17-18-19-20-21-22-23-24-25-26-27-28-29-30-31-32-33-34-35-36-38-40-42-44-46-50(54)51-48(47-52)49(53)45-43-41-39-37-12-10-8-6-4-2/h12,17-18,37,43,45,48-49,52-53H,3-11,13-16,19-36,38-42,44,46-47H2,1-2H3,(H,51,54)/b18-17-,37-12+,45-43+. The summed E-state index contributed by atoms with van der Waals surface area (Å²) in [4.78, 5) is 12.3. The molecule has 0 aliphatic heterocycles. The summed E-state index contributed by atoms with van der Waals surface area (Å²) in [5, 5.41) is 22.8. The van der Waals surface area contributed by atoms with Crippen LogP contribution in [0.5, 0.6) is 0 Å². The van der Waals surface area contributed by atoms with E-state index < -0.39 is 12.1 Å². The highest BCUT2D eigenvalue weighted by Crippen LogP contribution is 2.16. The number of amides is 1. The second-order valence-corrected chi connectivity index (χ2v) is 16.5. The van der Waals surface area contributed by atoms with E-state index in [9.17, 15) is 15.0 Å². The van der Waals surface area contributed by atoms with E-state index in [1.54, 1.807) is 6.08 Å². The van der Waals surface area contributed by atoms with Gasteiger partial charge in [-0.2, -0.15) is 0 Å². The van der Waals surface area contributed by atoms with Gasteiger partial charge >= 0.3 is 0 Å². The van der Waals surface area contributed by atoms with Gasteiger partial charge in [0.15, 0.2) is 0 Å². The van der Waals surface area contributed by atoms with Crippen molar-refractivity contribution in [3.63, 3.8) is 0 Å². The van der Waals surface area contributed by atoms with Crippen molar-refractivity contribution in [3.05, 3.63) is 36.5 Å². The zero-order valence-corrected chi connectivity index (χ0v) is 36.5. The Morgan fingerprint density at radius 3 is 1.11 bits per heavy atom. The van der Waals surface area contributed by atoms with Crippen LogP contribution >= 0.6 is 0 Å². The number of carbonyl (C=O) groups is 1. The molecule has 0 aliphatic carbocycles. The van der Waals surface area contributed by atoms with Crippen LogP contribution in [0, 0.1) is 0 Å². The Labute approximate surface area is 338 Å². The normalized spacial score (nSPS) is 13.2. The second kappa shape index (κ2) is 46.0. The molecule has 0 aromatic heterocycles. The zero-order valence-electron chi connectivity index (χ0n) is 36.5. The molecule has 0 aliphatic rings. The predicted molar refractivity (Wildman–Crippen MR) is 239 cm³/mol. The highest BCUT2D eigenvalue weighted by atomic mass is 16.3. The van der Waals surface area contributed by atoms with Gasteiger partial charge in [0.05, 0.1) is 18.8 Å². The Balaban J connectivity index is 3.39. The van der Waals surface area contributed by atoms with Gasteiger partial charge in [-0.25, -0.2) is 0 Å². The number of aliphatic hydroxyl groups is 2. The molecule has 0 rings (SSSR count). The van der Waals surface area contributed by atoms with Crippen molar-refractivity contribution in [2.75, 3.05) is 6.61 Å². The highest BCUT2D eigenvalue weighted by Gasteiger charge is 2.17. The molecule has 0 fully saturated rings. The lowest BCUT2D eigenvalue weighted by atomic mass is 10.0.